The maximum absolute atomic E-state index is 15.0. The Balaban J connectivity index is 0.951. The first-order chi connectivity index (χ1) is 33.9. The van der Waals surface area contributed by atoms with Crippen LogP contribution in [0, 0.1) is 27.3 Å². The van der Waals surface area contributed by atoms with Crippen LogP contribution in [0.25, 0.3) is 11.0 Å². The van der Waals surface area contributed by atoms with E-state index in [9.17, 15) is 28.4 Å². The molecule has 9 rings (SSSR count). The predicted octanol–water partition coefficient (Wildman–Crippen LogP) is 9.04. The molecule has 5 heterocycles. The largest absolute Gasteiger partial charge is 0.472 e. The van der Waals surface area contributed by atoms with Gasteiger partial charge >= 0.3 is 5.69 Å². The molecule has 3 atom stereocenters. The van der Waals surface area contributed by atoms with Gasteiger partial charge in [-0.15, -0.1) is 0 Å². The highest BCUT2D eigenvalue weighted by Crippen LogP contribution is 2.49. The van der Waals surface area contributed by atoms with Crippen molar-refractivity contribution in [3.63, 3.8) is 0 Å². The van der Waals surface area contributed by atoms with Gasteiger partial charge in [0.25, 0.3) is 21.8 Å². The summed E-state index contributed by atoms with van der Waals surface area (Å²) < 4.78 is 62.7. The van der Waals surface area contributed by atoms with Crippen molar-refractivity contribution >= 4 is 44.2 Å². The number of sulfonamides is 1. The van der Waals surface area contributed by atoms with Gasteiger partial charge in [-0.05, 0) is 112 Å². The predicted molar refractivity (Wildman–Crippen MR) is 268 cm³/mol. The van der Waals surface area contributed by atoms with E-state index in [0.717, 1.165) is 63.2 Å². The summed E-state index contributed by atoms with van der Waals surface area (Å²) in [6, 6.07) is 16.6. The molecule has 4 N–H and O–H groups in total. The number of hydrogen-bond donors (Lipinski definition) is 4. The molecule has 3 aromatic heterocycles. The molecule has 0 bridgehead atoms. The lowest BCUT2D eigenvalue weighted by atomic mass is 9.70. The highest BCUT2D eigenvalue weighted by molar-refractivity contribution is 7.90. The van der Waals surface area contributed by atoms with E-state index >= 15 is 4.39 Å². The van der Waals surface area contributed by atoms with E-state index in [1.165, 1.54) is 49.6 Å². The van der Waals surface area contributed by atoms with Gasteiger partial charge < -0.3 is 34.5 Å². The average Bonchev–Trinajstić information content (AvgIpc) is 3.97. The van der Waals surface area contributed by atoms with Gasteiger partial charge in [0.1, 0.15) is 28.7 Å². The first kappa shape index (κ1) is 50.1. The minimum atomic E-state index is -4.75. The molecular formula is C52H65FN8O9S. The number of ether oxygens (including phenoxy) is 3. The van der Waals surface area contributed by atoms with Crippen LogP contribution in [0.3, 0.4) is 0 Å². The number of likely N-dealkylation sites (tertiary alicyclic amines) is 1. The Morgan fingerprint density at radius 2 is 1.77 bits per heavy atom. The molecule has 2 saturated carbocycles. The molecule has 19 heteroatoms. The summed E-state index contributed by atoms with van der Waals surface area (Å²) in [6.07, 6.45) is 9.92. The normalized spacial score (nSPS) is 22.9. The van der Waals surface area contributed by atoms with Crippen molar-refractivity contribution in [1.29, 1.82) is 0 Å². The number of pyridine rings is 2. The molecule has 17 nitrogen and oxygen atoms in total. The highest BCUT2D eigenvalue weighted by Gasteiger charge is 2.49. The van der Waals surface area contributed by atoms with E-state index in [-0.39, 0.29) is 63.8 Å². The van der Waals surface area contributed by atoms with Gasteiger partial charge in [0.2, 0.25) is 5.82 Å². The monoisotopic (exact) mass is 996 g/mol. The number of amides is 1. The fourth-order valence-electron chi connectivity index (χ4n) is 11.1. The van der Waals surface area contributed by atoms with Crippen LogP contribution in [-0.2, 0) is 14.8 Å². The first-order valence-electron chi connectivity index (χ1n) is 24.8. The third-order valence-corrected chi connectivity index (χ3v) is 16.7. The SMILES string of the molecule is CO[C@@H](C)COc1nc2[nH]cc(F)c2cc1Oc1cc(N2CCC3(CC2)CN([C@@H]2CCC[C@@H]2c2ccccc2C(C)C)C3)ccc1C(=O)NS(=O)(=O)c1cnc(NC[C@H]2CC[C@](C)(O)CC2)c([N+](=O)[O-])c1. The molecule has 4 fully saturated rings. The maximum atomic E-state index is 15.0. The number of aromatic nitrogens is 3. The van der Waals surface area contributed by atoms with Crippen molar-refractivity contribution in [1.82, 2.24) is 24.6 Å². The summed E-state index contributed by atoms with van der Waals surface area (Å²) in [4.78, 5) is 41.4. The van der Waals surface area contributed by atoms with E-state index in [1.54, 1.807) is 26.0 Å². The topological polar surface area (TPSA) is 214 Å². The number of nitrogens with zero attached hydrogens (tertiary/aromatic N) is 5. The van der Waals surface area contributed by atoms with Crippen LogP contribution in [0.4, 0.5) is 21.6 Å². The number of aromatic amines is 1. The van der Waals surface area contributed by atoms with Crippen molar-refractivity contribution in [2.75, 3.05) is 56.7 Å². The molecular weight excluding hydrogens is 932 g/mol. The van der Waals surface area contributed by atoms with Crippen molar-refractivity contribution in [2.24, 2.45) is 11.3 Å². The van der Waals surface area contributed by atoms with Crippen LogP contribution in [0.15, 0.2) is 71.9 Å². The van der Waals surface area contributed by atoms with Crippen LogP contribution >= 0.6 is 0 Å². The summed E-state index contributed by atoms with van der Waals surface area (Å²) in [5.74, 6) is -0.793. The van der Waals surface area contributed by atoms with Gasteiger partial charge in [-0.25, -0.2) is 22.5 Å². The Morgan fingerprint density at radius 1 is 1.03 bits per heavy atom. The van der Waals surface area contributed by atoms with E-state index in [2.05, 4.69) is 72.9 Å². The second-order valence-electron chi connectivity index (χ2n) is 20.8. The molecule has 1 amide bonds. The smallest absolute Gasteiger partial charge is 0.312 e. The Hall–Kier alpha value is -5.89. The number of nitro groups is 1. The van der Waals surface area contributed by atoms with Crippen molar-refractivity contribution in [3.8, 4) is 17.4 Å². The number of nitrogens with one attached hydrogen (secondary N) is 3. The van der Waals surface area contributed by atoms with Gasteiger partial charge in [-0.1, -0.05) is 44.5 Å². The molecule has 380 valence electrons. The molecule has 2 saturated heterocycles. The first-order valence-corrected chi connectivity index (χ1v) is 26.3. The molecule has 4 aliphatic rings. The molecule has 0 unspecified atom stereocenters. The van der Waals surface area contributed by atoms with Crippen LogP contribution in [0.1, 0.15) is 119 Å². The lowest BCUT2D eigenvalue weighted by Crippen LogP contribution is -2.63. The summed E-state index contributed by atoms with van der Waals surface area (Å²) in [7, 11) is -3.22. The lowest BCUT2D eigenvalue weighted by molar-refractivity contribution is -0.384. The van der Waals surface area contributed by atoms with Crippen LogP contribution in [0.2, 0.25) is 0 Å². The van der Waals surface area contributed by atoms with Gasteiger partial charge in [-0.2, -0.15) is 4.98 Å². The van der Waals surface area contributed by atoms with Crippen molar-refractivity contribution in [2.45, 2.75) is 120 Å². The highest BCUT2D eigenvalue weighted by atomic mass is 32.2. The number of anilines is 2. The van der Waals surface area contributed by atoms with E-state index in [0.29, 0.717) is 50.1 Å². The molecule has 2 aromatic carbocycles. The number of halogens is 1. The second kappa shape index (κ2) is 20.3. The lowest BCUT2D eigenvalue weighted by Gasteiger charge is -2.57. The minimum Gasteiger partial charge on any atom is -0.472 e. The third kappa shape index (κ3) is 10.8. The number of carbonyl (C=O) groups is 1. The van der Waals surface area contributed by atoms with Gasteiger partial charge in [0, 0.05) is 76.0 Å². The van der Waals surface area contributed by atoms with Gasteiger partial charge in [0.05, 0.1) is 33.8 Å². The molecule has 71 heavy (non-hydrogen) atoms. The quantitative estimate of drug-likeness (QED) is 0.0506. The second-order valence-corrected chi connectivity index (χ2v) is 22.5. The van der Waals surface area contributed by atoms with Gasteiger partial charge in [-0.3, -0.25) is 19.8 Å². The number of carbonyl (C=O) groups excluding carboxylic acids is 1. The standard InChI is InChI=1S/C52H65FN8O9S/c1-32(2)37-9-6-7-10-38(37)39-11-8-12-43(39)60-30-52(31-60)19-21-59(22-20-52)35-13-14-40(45(23-35)70-46-25-41-42(53)28-56-47(41)57-50(46)69-29-33(3)68-5)49(62)58-71(66,67)36-24-44(61(64)65)48(55-27-36)54-26-34-15-17-51(4,63)18-16-34/h6-7,9-10,13-14,23-25,27-28,32-34,39,43,63H,8,11-12,15-22,26,29-31H2,1-5H3,(H,54,55)(H,56,57)(H,58,62)/t33-,34-,39+,43+,51-/m0/s1. The Labute approximate surface area is 414 Å². The Bertz CT molecular complexity index is 2870. The number of benzene rings is 2. The Morgan fingerprint density at radius 3 is 2.49 bits per heavy atom. The summed E-state index contributed by atoms with van der Waals surface area (Å²) in [5, 5.41) is 25.6. The number of fused-ring (bicyclic) bond motifs is 1. The maximum Gasteiger partial charge on any atom is 0.312 e. The van der Waals surface area contributed by atoms with Crippen molar-refractivity contribution in [3.05, 3.63) is 99.6 Å². The fraction of sp³-hybridized carbons (Fsp3) is 0.519. The van der Waals surface area contributed by atoms with Crippen LogP contribution in [-0.4, -0.2) is 108 Å². The van der Waals surface area contributed by atoms with Crippen molar-refractivity contribution < 1.29 is 41.8 Å². The molecule has 5 aromatic rings. The number of piperidine rings is 1. The molecule has 2 aliphatic heterocycles. The number of aliphatic hydroxyl groups is 1. The fourth-order valence-corrected chi connectivity index (χ4v) is 12.0. The van der Waals surface area contributed by atoms with E-state index in [1.807, 2.05) is 0 Å². The summed E-state index contributed by atoms with van der Waals surface area (Å²) >= 11 is 0. The zero-order valence-electron chi connectivity index (χ0n) is 41.1. The molecule has 2 aliphatic carbocycles. The zero-order valence-corrected chi connectivity index (χ0v) is 41.9. The zero-order chi connectivity index (χ0) is 50.2. The number of hydrogen-bond acceptors (Lipinski definition) is 14. The number of H-pyrrole nitrogens is 1. The Kier molecular flexibility index (Phi) is 14.3. The van der Waals surface area contributed by atoms with Crippen LogP contribution in [0.5, 0.6) is 17.4 Å². The minimum absolute atomic E-state index is 0.0262. The van der Waals surface area contributed by atoms with Gasteiger partial charge in [0.15, 0.2) is 5.75 Å². The third-order valence-electron chi connectivity index (χ3n) is 15.4. The number of rotatable bonds is 17. The van der Waals surface area contributed by atoms with Crippen LogP contribution < -0.4 is 24.4 Å². The molecule has 1 spiro atoms. The summed E-state index contributed by atoms with van der Waals surface area (Å²) in [5.41, 5.74) is 2.54. The summed E-state index contributed by atoms with van der Waals surface area (Å²) in [6.45, 7) is 12.1. The molecule has 0 radical (unpaired) electrons. The van der Waals surface area contributed by atoms with E-state index in [4.69, 9.17) is 14.2 Å². The van der Waals surface area contributed by atoms with E-state index < -0.39 is 42.9 Å². The number of methoxy groups -OCH3 is 1. The average molecular weight is 997 g/mol.